The van der Waals surface area contributed by atoms with Crippen molar-refractivity contribution in [3.63, 3.8) is 0 Å². The minimum atomic E-state index is -0.563. The SMILES string of the molecule is ClC1=C(Cl)[C@]2(Cl)[C@H]3[C@H]4C[C@@H]2[C@@H](Cl)[C@H]4[C@@]13Cl. The lowest BCUT2D eigenvalue weighted by molar-refractivity contribution is 0.0404. The summed E-state index contributed by atoms with van der Waals surface area (Å²) in [6.45, 7) is 0. The highest BCUT2D eigenvalue weighted by Gasteiger charge is 2.86. The van der Waals surface area contributed by atoms with Crippen molar-refractivity contribution in [2.45, 2.75) is 21.5 Å². The van der Waals surface area contributed by atoms with Crippen LogP contribution in [0.25, 0.3) is 0 Å². The largest absolute Gasteiger partial charge is 0.122 e. The van der Waals surface area contributed by atoms with Gasteiger partial charge in [0, 0.05) is 23.1 Å². The van der Waals surface area contributed by atoms with Gasteiger partial charge in [-0.3, -0.25) is 0 Å². The van der Waals surface area contributed by atoms with Crippen LogP contribution in [-0.2, 0) is 0 Å². The van der Waals surface area contributed by atoms with Gasteiger partial charge in [0.15, 0.2) is 0 Å². The van der Waals surface area contributed by atoms with Crippen LogP contribution in [0.5, 0.6) is 0 Å². The smallest absolute Gasteiger partial charge is 0.0909 e. The number of hydrogen-bond acceptors (Lipinski definition) is 0. The van der Waals surface area contributed by atoms with Gasteiger partial charge < -0.3 is 0 Å². The van der Waals surface area contributed by atoms with Crippen LogP contribution in [0.1, 0.15) is 6.42 Å². The van der Waals surface area contributed by atoms with E-state index < -0.39 is 9.75 Å². The lowest BCUT2D eigenvalue weighted by Gasteiger charge is -2.59. The van der Waals surface area contributed by atoms with Gasteiger partial charge >= 0.3 is 0 Å². The third-order valence-electron chi connectivity index (χ3n) is 4.94. The van der Waals surface area contributed by atoms with Gasteiger partial charge in [0.2, 0.25) is 0 Å². The Morgan fingerprint density at radius 2 is 1.67 bits per heavy atom. The molecule has 7 atom stereocenters. The molecule has 82 valence electrons. The molecule has 0 aromatic carbocycles. The zero-order valence-electron chi connectivity index (χ0n) is 7.48. The van der Waals surface area contributed by atoms with Crippen LogP contribution in [-0.4, -0.2) is 15.1 Å². The Labute approximate surface area is 113 Å². The van der Waals surface area contributed by atoms with Crippen LogP contribution in [0.2, 0.25) is 0 Å². The van der Waals surface area contributed by atoms with E-state index in [0.29, 0.717) is 16.0 Å². The first kappa shape index (κ1) is 10.1. The van der Waals surface area contributed by atoms with Crippen LogP contribution in [0.4, 0.5) is 0 Å². The molecule has 0 unspecified atom stereocenters. The van der Waals surface area contributed by atoms with E-state index in [1.165, 1.54) is 0 Å². The van der Waals surface area contributed by atoms with Crippen molar-refractivity contribution in [3.8, 4) is 0 Å². The summed E-state index contributed by atoms with van der Waals surface area (Å²) >= 11 is 32.2. The molecule has 0 N–H and O–H groups in total. The van der Waals surface area contributed by atoms with E-state index in [1.807, 2.05) is 0 Å². The molecule has 0 nitrogen and oxygen atoms in total. The second kappa shape index (κ2) is 2.47. The van der Waals surface area contributed by atoms with Crippen LogP contribution in [0, 0.1) is 23.7 Å². The van der Waals surface area contributed by atoms with Crippen molar-refractivity contribution in [1.82, 2.24) is 0 Å². The molecule has 15 heavy (non-hydrogen) atoms. The number of rotatable bonds is 0. The molecule has 0 aliphatic heterocycles. The normalized spacial score (nSPS) is 69.0. The van der Waals surface area contributed by atoms with E-state index in [1.54, 1.807) is 0 Å². The number of allylic oxidation sites excluding steroid dienone is 2. The molecule has 4 rings (SSSR count). The first-order chi connectivity index (χ1) is 6.95. The molecular formula is C10H7Cl5. The second-order valence-corrected chi connectivity index (χ2v) is 7.63. The minimum Gasteiger partial charge on any atom is -0.122 e. The number of alkyl halides is 3. The maximum absolute atomic E-state index is 6.67. The molecule has 3 saturated carbocycles. The van der Waals surface area contributed by atoms with Crippen molar-refractivity contribution in [2.24, 2.45) is 23.7 Å². The standard InChI is InChI=1S/C10H7Cl5/c11-5-3-1-2-4(5)10(15)6(2)9(3,14)7(12)8(10)13/h2-6H,1H2/t2-,3+,4-,5+,6+,9+,10-/m0/s1. The van der Waals surface area contributed by atoms with Gasteiger partial charge in [-0.15, -0.1) is 34.8 Å². The maximum atomic E-state index is 6.67. The van der Waals surface area contributed by atoms with Crippen LogP contribution in [0.15, 0.2) is 10.1 Å². The summed E-state index contributed by atoms with van der Waals surface area (Å²) < 4.78 is 0. The highest BCUT2D eigenvalue weighted by Crippen LogP contribution is 2.84. The number of fused-ring (bicyclic) bond motifs is 3. The summed E-state index contributed by atoms with van der Waals surface area (Å²) in [4.78, 5) is -1.11. The Bertz CT molecular complexity index is 414. The van der Waals surface area contributed by atoms with E-state index in [4.69, 9.17) is 58.0 Å². The molecule has 0 spiro atoms. The predicted octanol–water partition coefficient (Wildman–Crippen LogP) is 4.15. The first-order valence-corrected chi connectivity index (χ1v) is 6.98. The second-order valence-electron chi connectivity index (χ2n) is 5.12. The van der Waals surface area contributed by atoms with Gasteiger partial charge in [0.25, 0.3) is 0 Å². The van der Waals surface area contributed by atoms with Gasteiger partial charge in [-0.25, -0.2) is 0 Å². The van der Waals surface area contributed by atoms with Crippen molar-refractivity contribution in [1.29, 1.82) is 0 Å². The van der Waals surface area contributed by atoms with Gasteiger partial charge in [-0.1, -0.05) is 23.2 Å². The van der Waals surface area contributed by atoms with E-state index in [2.05, 4.69) is 0 Å². The van der Waals surface area contributed by atoms with E-state index in [0.717, 1.165) is 6.42 Å². The highest BCUT2D eigenvalue weighted by atomic mass is 35.5. The molecule has 0 saturated heterocycles. The fourth-order valence-electron chi connectivity index (χ4n) is 4.51. The van der Waals surface area contributed by atoms with Crippen LogP contribution >= 0.6 is 58.0 Å². The monoisotopic (exact) mass is 302 g/mol. The summed E-state index contributed by atoms with van der Waals surface area (Å²) in [5.74, 6) is 1.25. The molecule has 0 radical (unpaired) electrons. The summed E-state index contributed by atoms with van der Waals surface area (Å²) in [5.41, 5.74) is 0. The van der Waals surface area contributed by atoms with E-state index in [9.17, 15) is 0 Å². The topological polar surface area (TPSA) is 0 Å². The summed E-state index contributed by atoms with van der Waals surface area (Å²) in [7, 11) is 0. The Balaban J connectivity index is 2.03. The van der Waals surface area contributed by atoms with Gasteiger partial charge in [0.05, 0.1) is 19.8 Å². The fraction of sp³-hybridized carbons (Fsp3) is 0.800. The molecule has 0 amide bonds. The molecular weight excluding hydrogens is 297 g/mol. The highest BCUT2D eigenvalue weighted by molar-refractivity contribution is 6.52. The molecule has 4 aliphatic carbocycles. The van der Waals surface area contributed by atoms with Crippen molar-refractivity contribution in [3.05, 3.63) is 10.1 Å². The maximum Gasteiger partial charge on any atom is 0.0909 e. The van der Waals surface area contributed by atoms with Crippen molar-refractivity contribution >= 4 is 58.0 Å². The molecule has 3 fully saturated rings. The average Bonchev–Trinajstić information content (AvgIpc) is 2.64. The number of halogens is 5. The molecule has 0 aromatic rings. The Morgan fingerprint density at radius 3 is 2.27 bits per heavy atom. The molecule has 0 aromatic heterocycles. The van der Waals surface area contributed by atoms with E-state index >= 15 is 0 Å². The first-order valence-electron chi connectivity index (χ1n) is 5.03. The lowest BCUT2D eigenvalue weighted by Crippen LogP contribution is -2.66. The van der Waals surface area contributed by atoms with Crippen LogP contribution < -0.4 is 0 Å². The summed E-state index contributed by atoms with van der Waals surface area (Å²) in [5, 5.41) is 1.14. The molecule has 5 heteroatoms. The summed E-state index contributed by atoms with van der Waals surface area (Å²) in [6, 6.07) is 0. The Morgan fingerprint density at radius 1 is 1.07 bits per heavy atom. The quantitative estimate of drug-likeness (QED) is 0.590. The number of hydrogen-bond donors (Lipinski definition) is 0. The van der Waals surface area contributed by atoms with Gasteiger partial charge in [-0.2, -0.15) is 0 Å². The third-order valence-corrected chi connectivity index (χ3v) is 8.19. The zero-order valence-corrected chi connectivity index (χ0v) is 11.3. The third kappa shape index (κ3) is 0.706. The van der Waals surface area contributed by atoms with Crippen molar-refractivity contribution < 1.29 is 0 Å². The molecule has 0 heterocycles. The van der Waals surface area contributed by atoms with E-state index in [-0.39, 0.29) is 23.1 Å². The Hall–Kier alpha value is 1.19. The zero-order chi connectivity index (χ0) is 10.7. The average molecular weight is 304 g/mol. The van der Waals surface area contributed by atoms with Crippen LogP contribution in [0.3, 0.4) is 0 Å². The van der Waals surface area contributed by atoms with Gasteiger partial charge in [0.1, 0.15) is 0 Å². The lowest BCUT2D eigenvalue weighted by atomic mass is 9.54. The minimum absolute atomic E-state index is 0.0278. The predicted molar refractivity (Wildman–Crippen MR) is 64.1 cm³/mol. The molecule has 2 bridgehead atoms. The summed E-state index contributed by atoms with van der Waals surface area (Å²) in [6.07, 6.45) is 1.06. The van der Waals surface area contributed by atoms with Crippen molar-refractivity contribution in [2.75, 3.05) is 0 Å². The molecule has 4 aliphatic rings. The van der Waals surface area contributed by atoms with Gasteiger partial charge in [-0.05, 0) is 12.3 Å². The Kier molecular flexibility index (Phi) is 1.67. The fourth-order valence-corrected chi connectivity index (χ4v) is 7.67.